The van der Waals surface area contributed by atoms with E-state index in [1.165, 1.54) is 20.0 Å². The summed E-state index contributed by atoms with van der Waals surface area (Å²) in [4.78, 5) is 14.1. The first kappa shape index (κ1) is 14.5. The minimum Gasteiger partial charge on any atom is -0.468 e. The highest BCUT2D eigenvalue weighted by Gasteiger charge is 2.28. The van der Waals surface area contributed by atoms with Crippen molar-refractivity contribution < 1.29 is 9.53 Å². The van der Waals surface area contributed by atoms with E-state index in [9.17, 15) is 4.79 Å². The highest BCUT2D eigenvalue weighted by atomic mass is 16.5. The van der Waals surface area contributed by atoms with Crippen LogP contribution in [0.15, 0.2) is 0 Å². The van der Waals surface area contributed by atoms with Gasteiger partial charge in [-0.3, -0.25) is 4.79 Å². The summed E-state index contributed by atoms with van der Waals surface area (Å²) in [5, 5.41) is 3.26. The van der Waals surface area contributed by atoms with E-state index >= 15 is 0 Å². The van der Waals surface area contributed by atoms with Gasteiger partial charge in [0.2, 0.25) is 0 Å². The summed E-state index contributed by atoms with van der Waals surface area (Å²) < 4.78 is 4.83. The predicted octanol–water partition coefficient (Wildman–Crippen LogP) is 1.40. The van der Waals surface area contributed by atoms with Crippen molar-refractivity contribution in [2.24, 2.45) is 0 Å². The van der Waals surface area contributed by atoms with Gasteiger partial charge in [-0.1, -0.05) is 13.8 Å². The van der Waals surface area contributed by atoms with Crippen molar-refractivity contribution in [3.05, 3.63) is 0 Å². The smallest absolute Gasteiger partial charge is 0.322 e. The highest BCUT2D eigenvalue weighted by molar-refractivity contribution is 5.75. The Morgan fingerprint density at radius 3 is 2.65 bits per heavy atom. The maximum atomic E-state index is 11.6. The van der Waals surface area contributed by atoms with Crippen molar-refractivity contribution in [3.63, 3.8) is 0 Å². The molecule has 4 heteroatoms. The van der Waals surface area contributed by atoms with Crippen LogP contribution in [0.5, 0.6) is 0 Å². The Balaban J connectivity index is 2.33. The van der Waals surface area contributed by atoms with E-state index in [0.29, 0.717) is 0 Å². The summed E-state index contributed by atoms with van der Waals surface area (Å²) in [6.07, 6.45) is 4.52. The molecular weight excluding hydrogens is 216 g/mol. The highest BCUT2D eigenvalue weighted by Crippen LogP contribution is 2.26. The van der Waals surface area contributed by atoms with E-state index < -0.39 is 0 Å². The molecule has 0 spiro atoms. The lowest BCUT2D eigenvalue weighted by Crippen LogP contribution is -2.41. The van der Waals surface area contributed by atoms with Crippen LogP contribution in [-0.2, 0) is 9.53 Å². The average Bonchev–Trinajstić information content (AvgIpc) is 3.17. The monoisotopic (exact) mass is 242 g/mol. The van der Waals surface area contributed by atoms with Crippen molar-refractivity contribution >= 4 is 5.97 Å². The number of hydrogen-bond donors (Lipinski definition) is 1. The summed E-state index contributed by atoms with van der Waals surface area (Å²) in [6, 6.07) is 0.622. The number of hydrogen-bond acceptors (Lipinski definition) is 4. The summed E-state index contributed by atoms with van der Waals surface area (Å²) in [5.41, 5.74) is 0. The van der Waals surface area contributed by atoms with Crippen molar-refractivity contribution in [2.45, 2.75) is 51.6 Å². The lowest BCUT2D eigenvalue weighted by molar-refractivity contribution is -0.143. The van der Waals surface area contributed by atoms with Crippen LogP contribution in [0, 0.1) is 0 Å². The Bertz CT molecular complexity index is 229. The van der Waals surface area contributed by atoms with Crippen molar-refractivity contribution in [3.8, 4) is 0 Å². The van der Waals surface area contributed by atoms with Crippen LogP contribution in [0.3, 0.4) is 0 Å². The van der Waals surface area contributed by atoms with Crippen molar-refractivity contribution in [2.75, 3.05) is 26.7 Å². The maximum Gasteiger partial charge on any atom is 0.322 e. The molecule has 1 fully saturated rings. The van der Waals surface area contributed by atoms with Crippen LogP contribution >= 0.6 is 0 Å². The molecule has 17 heavy (non-hydrogen) atoms. The third-order valence-electron chi connectivity index (χ3n) is 3.30. The molecule has 0 aromatic rings. The quantitative estimate of drug-likeness (QED) is 0.621. The van der Waals surface area contributed by atoms with Gasteiger partial charge in [0.25, 0.3) is 0 Å². The van der Waals surface area contributed by atoms with Crippen LogP contribution in [-0.4, -0.2) is 49.7 Å². The molecule has 1 aliphatic carbocycles. The molecule has 0 aromatic carbocycles. The van der Waals surface area contributed by atoms with Gasteiger partial charge < -0.3 is 15.0 Å². The molecule has 0 aromatic heterocycles. The fourth-order valence-electron chi connectivity index (χ4n) is 2.10. The largest absolute Gasteiger partial charge is 0.468 e. The Labute approximate surface area is 105 Å². The van der Waals surface area contributed by atoms with Crippen LogP contribution < -0.4 is 5.32 Å². The maximum absolute atomic E-state index is 11.6. The molecule has 1 atom stereocenters. The fourth-order valence-corrected chi connectivity index (χ4v) is 2.10. The van der Waals surface area contributed by atoms with Gasteiger partial charge in [-0.2, -0.15) is 0 Å². The summed E-state index contributed by atoms with van der Waals surface area (Å²) in [6.45, 7) is 7.22. The molecule has 0 saturated heterocycles. The summed E-state index contributed by atoms with van der Waals surface area (Å²) in [7, 11) is 1.46. The molecule has 1 unspecified atom stereocenters. The van der Waals surface area contributed by atoms with Crippen LogP contribution in [0.4, 0.5) is 0 Å². The lowest BCUT2D eigenvalue weighted by Gasteiger charge is -2.23. The van der Waals surface area contributed by atoms with Gasteiger partial charge in [0.1, 0.15) is 6.04 Å². The zero-order valence-electron chi connectivity index (χ0n) is 11.4. The number of nitrogens with one attached hydrogen (secondary N) is 1. The minimum absolute atomic E-state index is 0.134. The van der Waals surface area contributed by atoms with E-state index in [4.69, 9.17) is 4.74 Å². The van der Waals surface area contributed by atoms with Crippen molar-refractivity contribution in [1.29, 1.82) is 0 Å². The number of ether oxygens (including phenoxy) is 1. The first-order valence-corrected chi connectivity index (χ1v) is 6.78. The third kappa shape index (κ3) is 5.04. The number of carbonyl (C=O) groups is 1. The lowest BCUT2D eigenvalue weighted by atomic mass is 10.2. The van der Waals surface area contributed by atoms with E-state index in [-0.39, 0.29) is 12.0 Å². The number of methoxy groups -OCH3 is 1. The third-order valence-corrected chi connectivity index (χ3v) is 3.30. The van der Waals surface area contributed by atoms with Gasteiger partial charge in [-0.05, 0) is 38.8 Å². The molecule has 0 bridgehead atoms. The molecule has 1 rings (SSSR count). The van der Waals surface area contributed by atoms with Crippen LogP contribution in [0.2, 0.25) is 0 Å². The molecule has 4 nitrogen and oxygen atoms in total. The Hall–Kier alpha value is -0.610. The fraction of sp³-hybridized carbons (Fsp3) is 0.923. The Kier molecular flexibility index (Phi) is 6.52. The number of esters is 1. The van der Waals surface area contributed by atoms with Gasteiger partial charge >= 0.3 is 5.97 Å². The van der Waals surface area contributed by atoms with Crippen molar-refractivity contribution in [1.82, 2.24) is 10.2 Å². The van der Waals surface area contributed by atoms with E-state index in [2.05, 4.69) is 24.1 Å². The number of rotatable bonds is 9. The van der Waals surface area contributed by atoms with Gasteiger partial charge in [-0.25, -0.2) is 0 Å². The first-order chi connectivity index (χ1) is 8.22. The Morgan fingerprint density at radius 1 is 1.47 bits per heavy atom. The molecule has 0 aliphatic heterocycles. The second kappa shape index (κ2) is 7.67. The Morgan fingerprint density at radius 2 is 2.18 bits per heavy atom. The molecule has 1 saturated carbocycles. The predicted molar refractivity (Wildman–Crippen MR) is 69.0 cm³/mol. The van der Waals surface area contributed by atoms with E-state index in [1.807, 2.05) is 0 Å². The van der Waals surface area contributed by atoms with E-state index in [1.54, 1.807) is 0 Å². The molecule has 0 amide bonds. The molecule has 0 radical (unpaired) electrons. The van der Waals surface area contributed by atoms with Gasteiger partial charge in [0.15, 0.2) is 0 Å². The zero-order valence-corrected chi connectivity index (χ0v) is 11.4. The number of carbonyl (C=O) groups excluding carboxylic acids is 1. The molecule has 0 heterocycles. The second-order valence-corrected chi connectivity index (χ2v) is 4.68. The topological polar surface area (TPSA) is 41.6 Å². The molecular formula is C13H26N2O2. The molecule has 1 N–H and O–H groups in total. The second-order valence-electron chi connectivity index (χ2n) is 4.68. The summed E-state index contributed by atoms with van der Waals surface area (Å²) in [5.74, 6) is -0.134. The average molecular weight is 242 g/mol. The van der Waals surface area contributed by atoms with Crippen LogP contribution in [0.25, 0.3) is 0 Å². The summed E-state index contributed by atoms with van der Waals surface area (Å²) >= 11 is 0. The van der Waals surface area contributed by atoms with Crippen LogP contribution in [0.1, 0.15) is 39.5 Å². The first-order valence-electron chi connectivity index (χ1n) is 6.78. The molecule has 100 valence electrons. The van der Waals surface area contributed by atoms with Gasteiger partial charge in [0, 0.05) is 12.6 Å². The van der Waals surface area contributed by atoms with Gasteiger partial charge in [0.05, 0.1) is 7.11 Å². The van der Waals surface area contributed by atoms with Gasteiger partial charge in [-0.15, -0.1) is 0 Å². The minimum atomic E-state index is -0.146. The van der Waals surface area contributed by atoms with E-state index in [0.717, 1.165) is 38.5 Å². The normalized spacial score (nSPS) is 17.2. The molecule has 1 aliphatic rings. The number of nitrogens with zero attached hydrogens (tertiary/aromatic N) is 1. The zero-order chi connectivity index (χ0) is 12.7. The standard InChI is InChI=1S/C13H26N2O2/c1-4-9-14-12(13(16)17-3)8-10-15(5-2)11-6-7-11/h11-12,14H,4-10H2,1-3H3. The SMILES string of the molecule is CCCNC(CCN(CC)C1CC1)C(=O)OC.